The fraction of sp³-hybridized carbons (Fsp3) is 0.529. The van der Waals surface area contributed by atoms with Crippen LogP contribution in [0, 0.1) is 5.41 Å². The van der Waals surface area contributed by atoms with E-state index in [4.69, 9.17) is 11.6 Å². The highest BCUT2D eigenvalue weighted by Crippen LogP contribution is 2.47. The SMILES string of the molecule is CCCCN1C=C(C(C)(C)C)S/C1=C1/C=C(C(F)(F)F)C=C(Cl)N1. The summed E-state index contributed by atoms with van der Waals surface area (Å²) in [6.45, 7) is 9.13. The molecule has 0 saturated carbocycles. The highest BCUT2D eigenvalue weighted by molar-refractivity contribution is 8.07. The molecule has 134 valence electrons. The fourth-order valence-corrected chi connectivity index (χ4v) is 3.65. The smallest absolute Gasteiger partial charge is 0.344 e. The second kappa shape index (κ2) is 7.08. The minimum atomic E-state index is -4.42. The fourth-order valence-electron chi connectivity index (χ4n) is 2.25. The molecule has 0 fully saturated rings. The molecule has 2 nitrogen and oxygen atoms in total. The molecule has 0 aromatic heterocycles. The van der Waals surface area contributed by atoms with E-state index >= 15 is 0 Å². The first-order chi connectivity index (χ1) is 11.0. The third-order valence-electron chi connectivity index (χ3n) is 3.63. The highest BCUT2D eigenvalue weighted by atomic mass is 35.5. The summed E-state index contributed by atoms with van der Waals surface area (Å²) in [4.78, 5) is 3.15. The molecule has 2 aliphatic rings. The van der Waals surface area contributed by atoms with Gasteiger partial charge in [0.1, 0.15) is 10.2 Å². The quantitative estimate of drug-likeness (QED) is 0.600. The summed E-state index contributed by atoms with van der Waals surface area (Å²) in [7, 11) is 0. The molecule has 0 saturated heterocycles. The predicted octanol–water partition coefficient (Wildman–Crippen LogP) is 6.06. The monoisotopic (exact) mass is 378 g/mol. The maximum Gasteiger partial charge on any atom is 0.416 e. The maximum absolute atomic E-state index is 13.1. The number of rotatable bonds is 3. The normalized spacial score (nSPS) is 22.2. The van der Waals surface area contributed by atoms with Gasteiger partial charge in [-0.2, -0.15) is 13.2 Å². The lowest BCUT2D eigenvalue weighted by Crippen LogP contribution is -2.23. The lowest BCUT2D eigenvalue weighted by Gasteiger charge is -2.23. The molecule has 0 unspecified atom stereocenters. The number of dihydropyridines is 1. The van der Waals surface area contributed by atoms with Gasteiger partial charge in [-0.3, -0.25) is 0 Å². The average Bonchev–Trinajstić information content (AvgIpc) is 2.87. The number of thioether (sulfide) groups is 1. The summed E-state index contributed by atoms with van der Waals surface area (Å²) in [5, 5.41) is 3.62. The first kappa shape index (κ1) is 19.3. The van der Waals surface area contributed by atoms with Gasteiger partial charge in [0.25, 0.3) is 0 Å². The zero-order valence-electron chi connectivity index (χ0n) is 14.2. The number of hydrogen-bond acceptors (Lipinski definition) is 3. The predicted molar refractivity (Wildman–Crippen MR) is 95.0 cm³/mol. The van der Waals surface area contributed by atoms with E-state index in [1.54, 1.807) is 0 Å². The molecule has 0 aromatic rings. The van der Waals surface area contributed by atoms with Crippen molar-refractivity contribution in [1.29, 1.82) is 0 Å². The van der Waals surface area contributed by atoms with Gasteiger partial charge < -0.3 is 10.2 Å². The summed E-state index contributed by atoms with van der Waals surface area (Å²) in [5.74, 6) is 0. The van der Waals surface area contributed by atoms with E-state index in [2.05, 4.69) is 33.0 Å². The molecule has 0 aliphatic carbocycles. The van der Waals surface area contributed by atoms with Gasteiger partial charge in [-0.25, -0.2) is 0 Å². The number of unbranched alkanes of at least 4 members (excludes halogenated alkanes) is 1. The van der Waals surface area contributed by atoms with E-state index in [0.29, 0.717) is 5.70 Å². The molecular weight excluding hydrogens is 357 g/mol. The van der Waals surface area contributed by atoms with Crippen LogP contribution in [0.25, 0.3) is 0 Å². The van der Waals surface area contributed by atoms with E-state index < -0.39 is 11.7 Å². The van der Waals surface area contributed by atoms with Crippen LogP contribution in [-0.2, 0) is 0 Å². The highest BCUT2D eigenvalue weighted by Gasteiger charge is 2.36. The molecule has 0 atom stereocenters. The lowest BCUT2D eigenvalue weighted by molar-refractivity contribution is -0.0884. The minimum absolute atomic E-state index is 0.0208. The summed E-state index contributed by atoms with van der Waals surface area (Å²) < 4.78 is 39.3. The Morgan fingerprint density at radius 2 is 1.88 bits per heavy atom. The van der Waals surface area contributed by atoms with E-state index in [0.717, 1.165) is 41.5 Å². The van der Waals surface area contributed by atoms with Crippen molar-refractivity contribution in [3.63, 3.8) is 0 Å². The second-order valence-electron chi connectivity index (χ2n) is 6.83. The number of nitrogens with one attached hydrogen (secondary N) is 1. The Morgan fingerprint density at radius 3 is 2.42 bits per heavy atom. The summed E-state index contributed by atoms with van der Waals surface area (Å²) in [5.41, 5.74) is -0.414. The molecule has 0 radical (unpaired) electrons. The zero-order chi connectivity index (χ0) is 18.1. The second-order valence-corrected chi connectivity index (χ2v) is 8.26. The van der Waals surface area contributed by atoms with Crippen LogP contribution < -0.4 is 5.32 Å². The number of halogens is 4. The van der Waals surface area contributed by atoms with Crippen molar-refractivity contribution in [2.75, 3.05) is 6.54 Å². The third-order valence-corrected chi connectivity index (χ3v) is 5.42. The lowest BCUT2D eigenvalue weighted by atomic mass is 9.96. The number of allylic oxidation sites excluding steroid dienone is 4. The third kappa shape index (κ3) is 4.54. The van der Waals surface area contributed by atoms with Crippen LogP contribution in [0.5, 0.6) is 0 Å². The van der Waals surface area contributed by atoms with Gasteiger partial charge in [0.05, 0.1) is 11.3 Å². The molecule has 2 aliphatic heterocycles. The van der Waals surface area contributed by atoms with Crippen LogP contribution in [0.15, 0.2) is 44.7 Å². The Morgan fingerprint density at radius 1 is 1.21 bits per heavy atom. The van der Waals surface area contributed by atoms with Crippen molar-refractivity contribution in [1.82, 2.24) is 10.2 Å². The molecule has 0 amide bonds. The summed E-state index contributed by atoms with van der Waals surface area (Å²) in [6.07, 6.45) is 1.64. The topological polar surface area (TPSA) is 15.3 Å². The van der Waals surface area contributed by atoms with Gasteiger partial charge in [-0.1, -0.05) is 57.5 Å². The van der Waals surface area contributed by atoms with Gasteiger partial charge in [0.15, 0.2) is 0 Å². The number of nitrogens with zero attached hydrogens (tertiary/aromatic N) is 1. The van der Waals surface area contributed by atoms with Gasteiger partial charge >= 0.3 is 6.18 Å². The average molecular weight is 379 g/mol. The van der Waals surface area contributed by atoms with Gasteiger partial charge in [-0.05, 0) is 24.0 Å². The van der Waals surface area contributed by atoms with Crippen LogP contribution in [0.1, 0.15) is 40.5 Å². The van der Waals surface area contributed by atoms with Crippen LogP contribution in [-0.4, -0.2) is 17.6 Å². The van der Waals surface area contributed by atoms with E-state index in [9.17, 15) is 13.2 Å². The molecule has 0 bridgehead atoms. The zero-order valence-corrected chi connectivity index (χ0v) is 15.8. The van der Waals surface area contributed by atoms with Crippen molar-refractivity contribution in [3.05, 3.63) is 44.7 Å². The first-order valence-corrected chi connectivity index (χ1v) is 9.06. The van der Waals surface area contributed by atoms with E-state index in [-0.39, 0.29) is 10.6 Å². The van der Waals surface area contributed by atoms with Gasteiger partial charge in [0, 0.05) is 17.6 Å². The molecule has 7 heteroatoms. The molecule has 2 heterocycles. The van der Waals surface area contributed by atoms with E-state index in [1.807, 2.05) is 11.1 Å². The Labute approximate surface area is 150 Å². The standard InChI is InChI=1S/C17H22ClF3N2S/c1-5-6-7-23-10-13(16(2,3)4)24-15(23)12-8-11(17(19,20)21)9-14(18)22-12/h8-10,22H,5-7H2,1-4H3/b15-12-. The van der Waals surface area contributed by atoms with Gasteiger partial charge in [0.2, 0.25) is 0 Å². The van der Waals surface area contributed by atoms with Crippen LogP contribution in [0.4, 0.5) is 13.2 Å². The largest absolute Gasteiger partial charge is 0.416 e. The number of alkyl halides is 3. The van der Waals surface area contributed by atoms with Crippen LogP contribution in [0.2, 0.25) is 0 Å². The van der Waals surface area contributed by atoms with Crippen molar-refractivity contribution in [2.45, 2.75) is 46.7 Å². The molecule has 1 N–H and O–H groups in total. The Hall–Kier alpha value is -1.01. The Balaban J connectivity index is 2.42. The first-order valence-electron chi connectivity index (χ1n) is 7.86. The molecular formula is C17H22ClF3N2S. The Bertz CT molecular complexity index is 625. The van der Waals surface area contributed by atoms with Crippen LogP contribution >= 0.6 is 23.4 Å². The molecule has 0 aromatic carbocycles. The summed E-state index contributed by atoms with van der Waals surface area (Å²) in [6, 6.07) is 0. The van der Waals surface area contributed by atoms with Crippen molar-refractivity contribution < 1.29 is 13.2 Å². The molecule has 0 spiro atoms. The maximum atomic E-state index is 13.1. The van der Waals surface area contributed by atoms with Crippen molar-refractivity contribution in [2.24, 2.45) is 5.41 Å². The molecule has 2 rings (SSSR count). The van der Waals surface area contributed by atoms with Crippen molar-refractivity contribution in [3.8, 4) is 0 Å². The van der Waals surface area contributed by atoms with Crippen LogP contribution in [0.3, 0.4) is 0 Å². The summed E-state index contributed by atoms with van der Waals surface area (Å²) >= 11 is 7.40. The van der Waals surface area contributed by atoms with Gasteiger partial charge in [-0.15, -0.1) is 0 Å². The Kier molecular flexibility index (Phi) is 5.70. The minimum Gasteiger partial charge on any atom is -0.344 e. The van der Waals surface area contributed by atoms with E-state index in [1.165, 1.54) is 11.8 Å². The molecule has 24 heavy (non-hydrogen) atoms. The number of hydrogen-bond donors (Lipinski definition) is 1. The van der Waals surface area contributed by atoms with Crippen molar-refractivity contribution >= 4 is 23.4 Å².